The van der Waals surface area contributed by atoms with E-state index in [9.17, 15) is 9.59 Å². The molecule has 2 aromatic carbocycles. The van der Waals surface area contributed by atoms with Gasteiger partial charge in [0.2, 0.25) is 0 Å². The number of para-hydroxylation sites is 2. The zero-order valence-electron chi connectivity index (χ0n) is 12.5. The number of carboxylic acid groups (broad SMARTS) is 1. The molecule has 1 aliphatic rings. The van der Waals surface area contributed by atoms with Crippen LogP contribution in [0.25, 0.3) is 5.57 Å². The lowest BCUT2D eigenvalue weighted by Crippen LogP contribution is -2.26. The van der Waals surface area contributed by atoms with Crippen molar-refractivity contribution in [2.45, 2.75) is 6.54 Å². The highest BCUT2D eigenvalue weighted by Gasteiger charge is 2.33. The predicted molar refractivity (Wildman–Crippen MR) is 86.2 cm³/mol. The van der Waals surface area contributed by atoms with E-state index in [1.807, 2.05) is 36.4 Å². The van der Waals surface area contributed by atoms with E-state index in [0.717, 1.165) is 11.6 Å². The zero-order valence-corrected chi connectivity index (χ0v) is 12.5. The third-order valence-corrected chi connectivity index (χ3v) is 3.75. The number of aliphatic carboxylic acids is 1. The first-order chi connectivity index (χ1) is 11.1. The summed E-state index contributed by atoms with van der Waals surface area (Å²) in [6.07, 6.45) is 0.962. The summed E-state index contributed by atoms with van der Waals surface area (Å²) < 4.78 is 5.32. The van der Waals surface area contributed by atoms with Crippen LogP contribution in [-0.4, -0.2) is 24.1 Å². The lowest BCUT2D eigenvalue weighted by molar-refractivity contribution is -0.131. The molecule has 0 spiro atoms. The lowest BCUT2D eigenvalue weighted by atomic mass is 10.1. The Kier molecular flexibility index (Phi) is 3.85. The molecule has 5 nitrogen and oxygen atoms in total. The van der Waals surface area contributed by atoms with Gasteiger partial charge in [-0.15, -0.1) is 0 Å². The molecular weight excluding hydrogens is 294 g/mol. The molecule has 0 aromatic heterocycles. The van der Waals surface area contributed by atoms with Crippen LogP contribution >= 0.6 is 0 Å². The normalized spacial score (nSPS) is 14.9. The van der Waals surface area contributed by atoms with E-state index >= 15 is 0 Å². The fourth-order valence-electron chi connectivity index (χ4n) is 2.73. The summed E-state index contributed by atoms with van der Waals surface area (Å²) in [6.45, 7) is 0.316. The molecule has 5 heteroatoms. The van der Waals surface area contributed by atoms with Crippen LogP contribution in [0.4, 0.5) is 5.69 Å². The Morgan fingerprint density at radius 2 is 1.87 bits per heavy atom. The van der Waals surface area contributed by atoms with Gasteiger partial charge in [0.1, 0.15) is 5.75 Å². The highest BCUT2D eigenvalue weighted by Crippen LogP contribution is 2.38. The fourth-order valence-corrected chi connectivity index (χ4v) is 2.73. The highest BCUT2D eigenvalue weighted by molar-refractivity contribution is 6.34. The number of carbonyl (C=O) groups excluding carboxylic acids is 1. The number of methoxy groups -OCH3 is 1. The summed E-state index contributed by atoms with van der Waals surface area (Å²) >= 11 is 0. The van der Waals surface area contributed by atoms with Crippen LogP contribution in [0, 0.1) is 0 Å². The molecule has 3 rings (SSSR count). The monoisotopic (exact) mass is 309 g/mol. The minimum absolute atomic E-state index is 0.197. The quantitative estimate of drug-likeness (QED) is 0.882. The molecule has 0 unspecified atom stereocenters. The standard InChI is InChI=1S/C18H15NO4/c1-23-16-9-5-2-6-12(16)11-19-15-8-4-3-7-13(15)14(18(19)22)10-17(20)21/h2-10H,11H2,1H3,(H,20,21)/b14-10+. The average Bonchev–Trinajstić information content (AvgIpc) is 2.81. The van der Waals surface area contributed by atoms with E-state index in [-0.39, 0.29) is 11.5 Å². The summed E-state index contributed by atoms with van der Waals surface area (Å²) in [5, 5.41) is 9.01. The summed E-state index contributed by atoms with van der Waals surface area (Å²) in [5.41, 5.74) is 2.39. The Morgan fingerprint density at radius 3 is 2.61 bits per heavy atom. The summed E-state index contributed by atoms with van der Waals surface area (Å²) in [5.74, 6) is -0.768. The maximum absolute atomic E-state index is 12.7. The highest BCUT2D eigenvalue weighted by atomic mass is 16.5. The molecule has 1 N–H and O–H groups in total. The van der Waals surface area contributed by atoms with Gasteiger partial charge in [-0.05, 0) is 12.1 Å². The first-order valence-electron chi connectivity index (χ1n) is 7.09. The lowest BCUT2D eigenvalue weighted by Gasteiger charge is -2.18. The Morgan fingerprint density at radius 1 is 1.17 bits per heavy atom. The van der Waals surface area contributed by atoms with Crippen molar-refractivity contribution in [3.8, 4) is 5.75 Å². The van der Waals surface area contributed by atoms with E-state index in [1.54, 1.807) is 24.1 Å². The van der Waals surface area contributed by atoms with Gasteiger partial charge in [0.25, 0.3) is 5.91 Å². The molecule has 1 amide bonds. The molecule has 0 saturated heterocycles. The smallest absolute Gasteiger partial charge is 0.329 e. The molecule has 0 fully saturated rings. The number of carbonyl (C=O) groups is 2. The van der Waals surface area contributed by atoms with Gasteiger partial charge in [-0.25, -0.2) is 4.79 Å². The third-order valence-electron chi connectivity index (χ3n) is 3.75. The first-order valence-corrected chi connectivity index (χ1v) is 7.09. The number of rotatable bonds is 4. The van der Waals surface area contributed by atoms with Crippen molar-refractivity contribution < 1.29 is 19.4 Å². The van der Waals surface area contributed by atoms with E-state index < -0.39 is 5.97 Å². The fraction of sp³-hybridized carbons (Fsp3) is 0.111. The average molecular weight is 309 g/mol. The van der Waals surface area contributed by atoms with Gasteiger partial charge in [0.05, 0.1) is 24.9 Å². The molecular formula is C18H15NO4. The van der Waals surface area contributed by atoms with Crippen LogP contribution in [0.15, 0.2) is 54.6 Å². The second-order valence-electron chi connectivity index (χ2n) is 5.12. The Balaban J connectivity index is 2.04. The number of ether oxygens (including phenoxy) is 1. The molecule has 0 saturated carbocycles. The minimum atomic E-state index is -1.14. The zero-order chi connectivity index (χ0) is 16.4. The van der Waals surface area contributed by atoms with Crippen molar-refractivity contribution in [1.29, 1.82) is 0 Å². The number of benzene rings is 2. The van der Waals surface area contributed by atoms with E-state index in [1.165, 1.54) is 0 Å². The number of anilines is 1. The Bertz CT molecular complexity index is 810. The molecule has 116 valence electrons. The third kappa shape index (κ3) is 2.68. The SMILES string of the molecule is COc1ccccc1CN1C(=O)/C(=C/C(=O)O)c2ccccc21. The second-order valence-corrected chi connectivity index (χ2v) is 5.12. The molecule has 1 heterocycles. The van der Waals surface area contributed by atoms with Crippen LogP contribution in [0.2, 0.25) is 0 Å². The summed E-state index contributed by atoms with van der Waals surface area (Å²) in [7, 11) is 1.58. The van der Waals surface area contributed by atoms with Crippen molar-refractivity contribution in [3.63, 3.8) is 0 Å². The maximum Gasteiger partial charge on any atom is 0.329 e. The number of amides is 1. The van der Waals surface area contributed by atoms with Crippen molar-refractivity contribution in [2.24, 2.45) is 0 Å². The van der Waals surface area contributed by atoms with Crippen molar-refractivity contribution in [3.05, 3.63) is 65.7 Å². The summed E-state index contributed by atoms with van der Waals surface area (Å²) in [6, 6.07) is 14.6. The molecule has 1 aliphatic heterocycles. The Labute approximate surface area is 133 Å². The van der Waals surface area contributed by atoms with Gasteiger partial charge in [0, 0.05) is 17.2 Å². The van der Waals surface area contributed by atoms with E-state index in [4.69, 9.17) is 9.84 Å². The predicted octanol–water partition coefficient (Wildman–Crippen LogP) is 2.71. The van der Waals surface area contributed by atoms with Crippen LogP contribution in [-0.2, 0) is 16.1 Å². The van der Waals surface area contributed by atoms with Crippen LogP contribution in [0.1, 0.15) is 11.1 Å². The second kappa shape index (κ2) is 5.96. The number of fused-ring (bicyclic) bond motifs is 1. The van der Waals surface area contributed by atoms with Gasteiger partial charge < -0.3 is 14.7 Å². The first kappa shape index (κ1) is 14.8. The van der Waals surface area contributed by atoms with Crippen molar-refractivity contribution in [2.75, 3.05) is 12.0 Å². The Hall–Kier alpha value is -3.08. The molecule has 0 atom stereocenters. The van der Waals surface area contributed by atoms with Crippen molar-refractivity contribution in [1.82, 2.24) is 0 Å². The maximum atomic E-state index is 12.7. The van der Waals surface area contributed by atoms with E-state index in [2.05, 4.69) is 0 Å². The van der Waals surface area contributed by atoms with Crippen LogP contribution < -0.4 is 9.64 Å². The van der Waals surface area contributed by atoms with Gasteiger partial charge >= 0.3 is 5.97 Å². The van der Waals surface area contributed by atoms with Crippen LogP contribution in [0.5, 0.6) is 5.75 Å². The van der Waals surface area contributed by atoms with Gasteiger partial charge in [-0.1, -0.05) is 36.4 Å². The molecule has 23 heavy (non-hydrogen) atoms. The van der Waals surface area contributed by atoms with E-state index in [0.29, 0.717) is 23.5 Å². The van der Waals surface area contributed by atoms with Gasteiger partial charge in [0.15, 0.2) is 0 Å². The molecule has 2 aromatic rings. The number of nitrogens with zero attached hydrogens (tertiary/aromatic N) is 1. The van der Waals surface area contributed by atoms with Gasteiger partial charge in [-0.2, -0.15) is 0 Å². The minimum Gasteiger partial charge on any atom is -0.496 e. The number of hydrogen-bond donors (Lipinski definition) is 1. The summed E-state index contributed by atoms with van der Waals surface area (Å²) in [4.78, 5) is 25.2. The molecule has 0 bridgehead atoms. The van der Waals surface area contributed by atoms with Crippen LogP contribution in [0.3, 0.4) is 0 Å². The topological polar surface area (TPSA) is 66.8 Å². The van der Waals surface area contributed by atoms with Gasteiger partial charge in [-0.3, -0.25) is 4.79 Å². The number of carboxylic acids is 1. The van der Waals surface area contributed by atoms with Crippen molar-refractivity contribution >= 4 is 23.1 Å². The molecule has 0 aliphatic carbocycles. The largest absolute Gasteiger partial charge is 0.496 e. The number of hydrogen-bond acceptors (Lipinski definition) is 3. The molecule has 0 radical (unpaired) electrons.